The van der Waals surface area contributed by atoms with Crippen LogP contribution in [0, 0.1) is 11.3 Å². The minimum Gasteiger partial charge on any atom is -0.383 e. The number of hydrogen-bond donors (Lipinski definition) is 1. The molecule has 0 aliphatic rings. The maximum Gasteiger partial charge on any atom is 0.417 e. The molecule has 0 spiro atoms. The van der Waals surface area contributed by atoms with Gasteiger partial charge in [-0.15, -0.1) is 0 Å². The van der Waals surface area contributed by atoms with Gasteiger partial charge in [0.25, 0.3) is 0 Å². The average Bonchev–Trinajstić information content (AvgIpc) is 2.54. The molecule has 0 bridgehead atoms. The van der Waals surface area contributed by atoms with Crippen LogP contribution in [0.15, 0.2) is 48.5 Å². The summed E-state index contributed by atoms with van der Waals surface area (Å²) in [6, 6.07) is 15.0. The van der Waals surface area contributed by atoms with Crippen LogP contribution in [0.3, 0.4) is 0 Å². The highest BCUT2D eigenvalue weighted by molar-refractivity contribution is 5.53. The van der Waals surface area contributed by atoms with Crippen LogP contribution in [0.5, 0.6) is 0 Å². The summed E-state index contributed by atoms with van der Waals surface area (Å²) in [5.41, 5.74) is 0.111. The highest BCUT2D eigenvalue weighted by Crippen LogP contribution is 2.33. The minimum atomic E-state index is -4.55. The van der Waals surface area contributed by atoms with Gasteiger partial charge in [0, 0.05) is 12.2 Å². The number of nitrogens with zero attached hydrogens (tertiary/aromatic N) is 2. The third-order valence-electron chi connectivity index (χ3n) is 3.75. The zero-order chi connectivity index (χ0) is 17.7. The molecule has 3 nitrogen and oxygen atoms in total. The summed E-state index contributed by atoms with van der Waals surface area (Å²) in [5, 5.41) is 11.9. The Labute approximate surface area is 139 Å². The number of benzene rings is 2. The van der Waals surface area contributed by atoms with Gasteiger partial charge in [0.1, 0.15) is 0 Å². The first-order valence-electron chi connectivity index (χ1n) is 7.39. The summed E-state index contributed by atoms with van der Waals surface area (Å²) in [6.07, 6.45) is -4.55. The van der Waals surface area contributed by atoms with Gasteiger partial charge >= 0.3 is 6.18 Å². The monoisotopic (exact) mass is 333 g/mol. The lowest BCUT2D eigenvalue weighted by atomic mass is 10.0. The Morgan fingerprint density at radius 3 is 2.33 bits per heavy atom. The van der Waals surface area contributed by atoms with Crippen molar-refractivity contribution in [1.82, 2.24) is 4.90 Å². The summed E-state index contributed by atoms with van der Waals surface area (Å²) in [4.78, 5) is 2.00. The number of hydrogen-bond acceptors (Lipinski definition) is 3. The van der Waals surface area contributed by atoms with Crippen LogP contribution in [-0.4, -0.2) is 25.5 Å². The molecule has 0 aromatic heterocycles. The van der Waals surface area contributed by atoms with Crippen LogP contribution in [0.25, 0.3) is 0 Å². The molecule has 0 saturated carbocycles. The van der Waals surface area contributed by atoms with Crippen molar-refractivity contribution in [2.75, 3.05) is 26.0 Å². The van der Waals surface area contributed by atoms with Gasteiger partial charge in [-0.25, -0.2) is 0 Å². The van der Waals surface area contributed by atoms with Gasteiger partial charge in [0.15, 0.2) is 0 Å². The number of likely N-dealkylation sites (N-methyl/N-ethyl adjacent to an activating group) is 1. The zero-order valence-corrected chi connectivity index (χ0v) is 13.4. The predicted octanol–water partition coefficient (Wildman–Crippen LogP) is 4.29. The lowest BCUT2D eigenvalue weighted by Gasteiger charge is -2.25. The molecule has 1 atom stereocenters. The van der Waals surface area contributed by atoms with Crippen LogP contribution in [0.4, 0.5) is 18.9 Å². The molecule has 1 N–H and O–H groups in total. The number of halogens is 3. The smallest absolute Gasteiger partial charge is 0.383 e. The summed E-state index contributed by atoms with van der Waals surface area (Å²) in [7, 11) is 3.83. The molecule has 0 fully saturated rings. The van der Waals surface area contributed by atoms with Crippen LogP contribution in [-0.2, 0) is 6.18 Å². The van der Waals surface area contributed by atoms with Crippen molar-refractivity contribution in [3.63, 3.8) is 0 Å². The number of alkyl halides is 3. The second-order valence-corrected chi connectivity index (χ2v) is 5.64. The first-order chi connectivity index (χ1) is 11.3. The third-order valence-corrected chi connectivity index (χ3v) is 3.75. The van der Waals surface area contributed by atoms with Crippen molar-refractivity contribution in [3.8, 4) is 6.07 Å². The Morgan fingerprint density at radius 1 is 1.12 bits per heavy atom. The van der Waals surface area contributed by atoms with E-state index in [0.29, 0.717) is 12.2 Å². The molecule has 0 amide bonds. The Kier molecular flexibility index (Phi) is 5.47. The van der Waals surface area contributed by atoms with E-state index in [1.807, 2.05) is 49.3 Å². The quantitative estimate of drug-likeness (QED) is 0.887. The van der Waals surface area contributed by atoms with Crippen molar-refractivity contribution in [1.29, 1.82) is 5.26 Å². The summed E-state index contributed by atoms with van der Waals surface area (Å²) in [6.45, 7) is 0.445. The molecule has 0 unspecified atom stereocenters. The Hall–Kier alpha value is -2.52. The van der Waals surface area contributed by atoms with Crippen molar-refractivity contribution in [2.24, 2.45) is 0 Å². The van der Waals surface area contributed by atoms with E-state index in [4.69, 9.17) is 5.26 Å². The third kappa shape index (κ3) is 4.27. The molecular formula is C18H18F3N3. The average molecular weight is 333 g/mol. The molecule has 0 radical (unpaired) electrons. The fraction of sp³-hybridized carbons (Fsp3) is 0.278. The van der Waals surface area contributed by atoms with Gasteiger partial charge in [-0.05, 0) is 37.9 Å². The topological polar surface area (TPSA) is 39.1 Å². The van der Waals surface area contributed by atoms with Crippen molar-refractivity contribution < 1.29 is 13.2 Å². The Morgan fingerprint density at radius 2 is 1.79 bits per heavy atom. The van der Waals surface area contributed by atoms with Gasteiger partial charge < -0.3 is 10.2 Å². The van der Waals surface area contributed by atoms with Crippen LogP contribution < -0.4 is 5.32 Å². The van der Waals surface area contributed by atoms with Crippen LogP contribution in [0.1, 0.15) is 22.7 Å². The maximum atomic E-state index is 13.0. The molecule has 2 aromatic rings. The van der Waals surface area contributed by atoms with E-state index in [2.05, 4.69) is 5.32 Å². The molecule has 0 saturated heterocycles. The highest BCUT2D eigenvalue weighted by atomic mass is 19.4. The highest BCUT2D eigenvalue weighted by Gasteiger charge is 2.33. The van der Waals surface area contributed by atoms with Gasteiger partial charge in [0.05, 0.1) is 23.2 Å². The SMILES string of the molecule is CN(C)[C@@H](CNc1ccc(C#N)c(C(F)(F)F)c1)c1ccccc1. The number of nitriles is 1. The molecule has 0 heterocycles. The van der Waals surface area contributed by atoms with E-state index >= 15 is 0 Å². The largest absolute Gasteiger partial charge is 0.417 e. The van der Waals surface area contributed by atoms with Gasteiger partial charge in [0.2, 0.25) is 0 Å². The standard InChI is InChI=1S/C18H18F3N3/c1-24(2)17(13-6-4-3-5-7-13)12-23-15-9-8-14(11-22)16(10-15)18(19,20)21/h3-10,17,23H,12H2,1-2H3/t17-/m0/s1. The molecule has 0 aliphatic heterocycles. The second kappa shape index (κ2) is 7.37. The van der Waals surface area contributed by atoms with E-state index in [0.717, 1.165) is 11.6 Å². The molecular weight excluding hydrogens is 315 g/mol. The zero-order valence-electron chi connectivity index (χ0n) is 13.4. The van der Waals surface area contributed by atoms with Gasteiger partial charge in [-0.1, -0.05) is 30.3 Å². The molecule has 24 heavy (non-hydrogen) atoms. The van der Waals surface area contributed by atoms with E-state index in [1.54, 1.807) is 6.07 Å². The summed E-state index contributed by atoms with van der Waals surface area (Å²) >= 11 is 0. The van der Waals surface area contributed by atoms with E-state index < -0.39 is 11.7 Å². The molecule has 0 aliphatic carbocycles. The first kappa shape index (κ1) is 17.8. The molecule has 2 rings (SSSR count). The molecule has 126 valence electrons. The lowest BCUT2D eigenvalue weighted by molar-refractivity contribution is -0.137. The normalized spacial score (nSPS) is 12.7. The van der Waals surface area contributed by atoms with Crippen molar-refractivity contribution in [3.05, 3.63) is 65.2 Å². The van der Waals surface area contributed by atoms with Gasteiger partial charge in [-0.2, -0.15) is 18.4 Å². The van der Waals surface area contributed by atoms with Gasteiger partial charge in [-0.3, -0.25) is 0 Å². The predicted molar refractivity (Wildman–Crippen MR) is 87.5 cm³/mol. The van der Waals surface area contributed by atoms with E-state index in [-0.39, 0.29) is 11.6 Å². The lowest BCUT2D eigenvalue weighted by Crippen LogP contribution is -2.26. The van der Waals surface area contributed by atoms with Crippen molar-refractivity contribution >= 4 is 5.69 Å². The van der Waals surface area contributed by atoms with E-state index in [1.165, 1.54) is 12.1 Å². The maximum absolute atomic E-state index is 13.0. The fourth-order valence-corrected chi connectivity index (χ4v) is 2.47. The minimum absolute atomic E-state index is 0.0104. The van der Waals surface area contributed by atoms with Crippen molar-refractivity contribution in [2.45, 2.75) is 12.2 Å². The molecule has 2 aromatic carbocycles. The number of rotatable bonds is 5. The number of nitrogens with one attached hydrogen (secondary N) is 1. The number of anilines is 1. The van der Waals surface area contributed by atoms with Crippen LogP contribution in [0.2, 0.25) is 0 Å². The summed E-state index contributed by atoms with van der Waals surface area (Å²) < 4.78 is 39.1. The fourth-order valence-electron chi connectivity index (χ4n) is 2.47. The van der Waals surface area contributed by atoms with E-state index in [9.17, 15) is 13.2 Å². The Balaban J connectivity index is 2.20. The summed E-state index contributed by atoms with van der Waals surface area (Å²) in [5.74, 6) is 0. The first-order valence-corrected chi connectivity index (χ1v) is 7.39. The second-order valence-electron chi connectivity index (χ2n) is 5.64. The Bertz CT molecular complexity index is 719. The molecule has 6 heteroatoms. The van der Waals surface area contributed by atoms with Crippen LogP contribution >= 0.6 is 0 Å².